The van der Waals surface area contributed by atoms with Crippen molar-refractivity contribution in [1.29, 1.82) is 0 Å². The molecule has 0 aliphatic rings. The number of esters is 1. The molecule has 0 heterocycles. The molecule has 2 rings (SSSR count). The zero-order valence-corrected chi connectivity index (χ0v) is 16.3. The first-order valence-electron chi connectivity index (χ1n) is 9.17. The first kappa shape index (κ1) is 20.5. The Balaban J connectivity index is 2.09. The van der Waals surface area contributed by atoms with Crippen LogP contribution in [0.25, 0.3) is 0 Å². The number of hydrogen-bond donors (Lipinski definition) is 1. The lowest BCUT2D eigenvalue weighted by atomic mass is 9.85. The highest BCUT2D eigenvalue weighted by Crippen LogP contribution is 2.29. The third kappa shape index (κ3) is 5.33. The average molecular weight is 369 g/mol. The molecular formula is C22H27NO4. The number of para-hydroxylation sites is 2. The van der Waals surface area contributed by atoms with Crippen LogP contribution < -0.4 is 10.1 Å². The Morgan fingerprint density at radius 1 is 1.00 bits per heavy atom. The predicted molar refractivity (Wildman–Crippen MR) is 106 cm³/mol. The Kier molecular flexibility index (Phi) is 7.41. The van der Waals surface area contributed by atoms with Gasteiger partial charge in [-0.25, -0.2) is 0 Å². The smallest absolute Gasteiger partial charge is 0.314 e. The van der Waals surface area contributed by atoms with Crippen molar-refractivity contribution in [3.05, 3.63) is 60.2 Å². The van der Waals surface area contributed by atoms with Gasteiger partial charge in [-0.1, -0.05) is 62.7 Å². The van der Waals surface area contributed by atoms with Crippen molar-refractivity contribution in [2.45, 2.75) is 39.2 Å². The molecule has 0 aliphatic carbocycles. The quantitative estimate of drug-likeness (QED) is 0.701. The van der Waals surface area contributed by atoms with Crippen LogP contribution in [-0.2, 0) is 14.3 Å². The van der Waals surface area contributed by atoms with Gasteiger partial charge in [-0.15, -0.1) is 0 Å². The van der Waals surface area contributed by atoms with Crippen molar-refractivity contribution in [3.63, 3.8) is 0 Å². The average Bonchev–Trinajstić information content (AvgIpc) is 2.69. The number of ether oxygens (including phenoxy) is 2. The van der Waals surface area contributed by atoms with E-state index in [2.05, 4.69) is 5.32 Å². The molecule has 27 heavy (non-hydrogen) atoms. The fraction of sp³-hybridized carbons (Fsp3) is 0.364. The third-order valence-electron chi connectivity index (χ3n) is 4.65. The fourth-order valence-electron chi connectivity index (χ4n) is 2.88. The lowest BCUT2D eigenvalue weighted by Gasteiger charge is -2.24. The molecule has 2 aromatic rings. The summed E-state index contributed by atoms with van der Waals surface area (Å²) in [7, 11) is 1.53. The number of benzene rings is 2. The van der Waals surface area contributed by atoms with Gasteiger partial charge in [0, 0.05) is 0 Å². The van der Waals surface area contributed by atoms with E-state index < -0.39 is 23.9 Å². The van der Waals surface area contributed by atoms with E-state index in [4.69, 9.17) is 9.47 Å². The molecule has 0 unspecified atom stereocenters. The summed E-state index contributed by atoms with van der Waals surface area (Å²) in [5, 5.41) is 2.75. The van der Waals surface area contributed by atoms with Crippen LogP contribution in [0, 0.1) is 5.92 Å². The van der Waals surface area contributed by atoms with Gasteiger partial charge in [0.15, 0.2) is 6.10 Å². The number of rotatable bonds is 8. The molecule has 1 amide bonds. The summed E-state index contributed by atoms with van der Waals surface area (Å²) in [6, 6.07) is 16.6. The maximum atomic E-state index is 12.8. The van der Waals surface area contributed by atoms with Crippen molar-refractivity contribution >= 4 is 17.6 Å². The highest BCUT2D eigenvalue weighted by atomic mass is 16.5. The molecule has 0 aliphatic heterocycles. The molecule has 0 spiro atoms. The summed E-state index contributed by atoms with van der Waals surface area (Å²) >= 11 is 0. The van der Waals surface area contributed by atoms with Crippen LogP contribution in [0.15, 0.2) is 54.6 Å². The summed E-state index contributed by atoms with van der Waals surface area (Å²) in [4.78, 5) is 25.3. The van der Waals surface area contributed by atoms with E-state index in [-0.39, 0.29) is 5.92 Å². The number of amides is 1. The molecule has 0 bridgehead atoms. The number of nitrogens with one attached hydrogen (secondary N) is 1. The minimum absolute atomic E-state index is 0.101. The lowest BCUT2D eigenvalue weighted by Crippen LogP contribution is -2.33. The first-order valence-corrected chi connectivity index (χ1v) is 9.17. The Morgan fingerprint density at radius 2 is 1.63 bits per heavy atom. The van der Waals surface area contributed by atoms with Gasteiger partial charge in [0.2, 0.25) is 0 Å². The normalized spacial score (nSPS) is 13.9. The SMILES string of the molecule is CC[C@H](C)[C@@H](C(=O)O[C@@H](C)C(=O)Nc1ccccc1OC)c1ccccc1. The molecule has 144 valence electrons. The van der Waals surface area contributed by atoms with Gasteiger partial charge in [-0.3, -0.25) is 9.59 Å². The Hall–Kier alpha value is -2.82. The molecule has 0 aromatic heterocycles. The molecule has 1 N–H and O–H groups in total. The van der Waals surface area contributed by atoms with E-state index in [9.17, 15) is 9.59 Å². The topological polar surface area (TPSA) is 64.6 Å². The molecule has 2 aromatic carbocycles. The number of anilines is 1. The second-order valence-electron chi connectivity index (χ2n) is 6.54. The predicted octanol–water partition coefficient (Wildman–Crippen LogP) is 4.40. The van der Waals surface area contributed by atoms with Crippen LogP contribution in [-0.4, -0.2) is 25.1 Å². The van der Waals surface area contributed by atoms with Crippen LogP contribution >= 0.6 is 0 Å². The van der Waals surface area contributed by atoms with Crippen molar-refractivity contribution in [2.24, 2.45) is 5.92 Å². The Labute approximate surface area is 160 Å². The van der Waals surface area contributed by atoms with E-state index in [0.29, 0.717) is 11.4 Å². The third-order valence-corrected chi connectivity index (χ3v) is 4.65. The van der Waals surface area contributed by atoms with Crippen molar-refractivity contribution in [1.82, 2.24) is 0 Å². The van der Waals surface area contributed by atoms with Crippen molar-refractivity contribution in [2.75, 3.05) is 12.4 Å². The highest BCUT2D eigenvalue weighted by Gasteiger charge is 2.30. The van der Waals surface area contributed by atoms with Crippen LogP contribution in [0.3, 0.4) is 0 Å². The van der Waals surface area contributed by atoms with E-state index in [1.165, 1.54) is 7.11 Å². The summed E-state index contributed by atoms with van der Waals surface area (Å²) in [6.07, 6.45) is -0.0890. The van der Waals surface area contributed by atoms with E-state index in [1.807, 2.05) is 50.2 Å². The van der Waals surface area contributed by atoms with E-state index in [0.717, 1.165) is 12.0 Å². The number of carbonyl (C=O) groups is 2. The second kappa shape index (κ2) is 9.76. The van der Waals surface area contributed by atoms with Crippen LogP contribution in [0.5, 0.6) is 5.75 Å². The maximum Gasteiger partial charge on any atom is 0.314 e. The van der Waals surface area contributed by atoms with Crippen molar-refractivity contribution in [3.8, 4) is 5.75 Å². The molecule has 0 saturated carbocycles. The molecule has 3 atom stereocenters. The van der Waals surface area contributed by atoms with Crippen molar-refractivity contribution < 1.29 is 19.1 Å². The minimum atomic E-state index is -0.919. The molecule has 5 heteroatoms. The largest absolute Gasteiger partial charge is 0.495 e. The Morgan fingerprint density at radius 3 is 2.26 bits per heavy atom. The number of carbonyl (C=O) groups excluding carboxylic acids is 2. The standard InChI is InChI=1S/C22H27NO4/c1-5-15(2)20(17-11-7-6-8-12-17)22(25)27-16(3)21(24)23-18-13-9-10-14-19(18)26-4/h6-16,20H,5H2,1-4H3,(H,23,24)/t15-,16-,20+/m0/s1. The number of hydrogen-bond acceptors (Lipinski definition) is 4. The Bertz CT molecular complexity index is 760. The van der Waals surface area contributed by atoms with Gasteiger partial charge in [-0.05, 0) is 30.5 Å². The zero-order valence-electron chi connectivity index (χ0n) is 16.3. The molecule has 0 fully saturated rings. The first-order chi connectivity index (χ1) is 13.0. The van der Waals surface area contributed by atoms with Crippen LogP contribution in [0.1, 0.15) is 38.7 Å². The zero-order chi connectivity index (χ0) is 19.8. The van der Waals surface area contributed by atoms with Crippen LogP contribution in [0.2, 0.25) is 0 Å². The molecule has 0 saturated heterocycles. The molecular weight excluding hydrogens is 342 g/mol. The van der Waals surface area contributed by atoms with Crippen LogP contribution in [0.4, 0.5) is 5.69 Å². The monoisotopic (exact) mass is 369 g/mol. The summed E-state index contributed by atoms with van der Waals surface area (Å²) < 4.78 is 10.7. The van der Waals surface area contributed by atoms with Gasteiger partial charge in [-0.2, -0.15) is 0 Å². The minimum Gasteiger partial charge on any atom is -0.495 e. The summed E-state index contributed by atoms with van der Waals surface area (Å²) in [5.74, 6) is -0.546. The maximum absolute atomic E-state index is 12.8. The van der Waals surface area contributed by atoms with Gasteiger partial charge >= 0.3 is 5.97 Å². The number of methoxy groups -OCH3 is 1. The van der Waals surface area contributed by atoms with Gasteiger partial charge < -0.3 is 14.8 Å². The van der Waals surface area contributed by atoms with Gasteiger partial charge in [0.05, 0.1) is 18.7 Å². The molecule has 0 radical (unpaired) electrons. The summed E-state index contributed by atoms with van der Waals surface area (Å²) in [6.45, 7) is 5.62. The van der Waals surface area contributed by atoms with Gasteiger partial charge in [0.25, 0.3) is 5.91 Å². The van der Waals surface area contributed by atoms with E-state index in [1.54, 1.807) is 25.1 Å². The highest BCUT2D eigenvalue weighted by molar-refractivity contribution is 5.96. The summed E-state index contributed by atoms with van der Waals surface area (Å²) in [5.41, 5.74) is 1.43. The molecule has 5 nitrogen and oxygen atoms in total. The van der Waals surface area contributed by atoms with Gasteiger partial charge in [0.1, 0.15) is 5.75 Å². The lowest BCUT2D eigenvalue weighted by molar-refractivity contribution is -0.155. The second-order valence-corrected chi connectivity index (χ2v) is 6.54. The fourth-order valence-corrected chi connectivity index (χ4v) is 2.88. The van der Waals surface area contributed by atoms with E-state index >= 15 is 0 Å².